The van der Waals surface area contributed by atoms with Crippen LogP contribution in [0.15, 0.2) is 24.3 Å². The van der Waals surface area contributed by atoms with E-state index in [1.165, 1.54) is 11.8 Å². The Balaban J connectivity index is 1.89. The maximum absolute atomic E-state index is 11.6. The summed E-state index contributed by atoms with van der Waals surface area (Å²) in [7, 11) is 0. The Morgan fingerprint density at radius 1 is 1.30 bits per heavy atom. The first-order valence-corrected chi connectivity index (χ1v) is 8.18. The van der Waals surface area contributed by atoms with Crippen LogP contribution in [0.2, 0.25) is 0 Å². The van der Waals surface area contributed by atoms with Crippen molar-refractivity contribution in [2.45, 2.75) is 25.8 Å². The van der Waals surface area contributed by atoms with Crippen molar-refractivity contribution in [3.63, 3.8) is 0 Å². The maximum atomic E-state index is 11.6. The number of benzene rings is 1. The largest absolute Gasteiger partial charge is 0.349 e. The van der Waals surface area contributed by atoms with Crippen LogP contribution in [0.25, 0.3) is 0 Å². The molecule has 0 heterocycles. The lowest BCUT2D eigenvalue weighted by Crippen LogP contribution is -2.28. The van der Waals surface area contributed by atoms with E-state index in [9.17, 15) is 9.59 Å². The maximum Gasteiger partial charge on any atom is 0.230 e. The van der Waals surface area contributed by atoms with Gasteiger partial charge in [-0.25, -0.2) is 0 Å². The van der Waals surface area contributed by atoms with Crippen molar-refractivity contribution in [3.8, 4) is 0 Å². The lowest BCUT2D eigenvalue weighted by molar-refractivity contribution is -0.119. The molecule has 0 aromatic heterocycles. The molecule has 1 aromatic carbocycles. The first-order valence-electron chi connectivity index (χ1n) is 6.79. The van der Waals surface area contributed by atoms with Crippen molar-refractivity contribution in [3.05, 3.63) is 29.8 Å². The molecule has 20 heavy (non-hydrogen) atoms. The van der Waals surface area contributed by atoms with Gasteiger partial charge in [0.05, 0.1) is 11.8 Å². The quantitative estimate of drug-likeness (QED) is 0.847. The summed E-state index contributed by atoms with van der Waals surface area (Å²) in [6.07, 6.45) is 3.91. The Hall–Kier alpha value is -1.49. The minimum absolute atomic E-state index is 0.0252. The fourth-order valence-electron chi connectivity index (χ4n) is 1.94. The molecule has 0 bridgehead atoms. The third kappa shape index (κ3) is 4.27. The highest BCUT2D eigenvalue weighted by molar-refractivity contribution is 7.99. The average molecular weight is 292 g/mol. The fraction of sp³-hybridized carbons (Fsp3) is 0.467. The van der Waals surface area contributed by atoms with Crippen molar-refractivity contribution in [1.82, 2.24) is 5.32 Å². The summed E-state index contributed by atoms with van der Waals surface area (Å²) in [6.45, 7) is 1.95. The van der Waals surface area contributed by atoms with Gasteiger partial charge in [0.15, 0.2) is 0 Å². The highest BCUT2D eigenvalue weighted by atomic mass is 32.2. The fourth-order valence-corrected chi connectivity index (χ4v) is 2.29. The molecule has 1 aromatic rings. The number of carbonyl (C=O) groups is 2. The number of hydrogen-bond donors (Lipinski definition) is 2. The standard InChI is InChI=1S/C15H20N2O2S/c1-10(16-14(18)9-20-2)11-5-7-13(8-6-11)17-15(19)12-3-4-12/h5-8,10,12H,3-4,9H2,1-2H3,(H,16,18)(H,17,19). The predicted octanol–water partition coefficient (Wildman–Crippen LogP) is 2.58. The van der Waals surface area contributed by atoms with E-state index in [0.29, 0.717) is 5.75 Å². The zero-order valence-electron chi connectivity index (χ0n) is 11.8. The monoisotopic (exact) mass is 292 g/mol. The summed E-state index contributed by atoms with van der Waals surface area (Å²) in [5.41, 5.74) is 1.84. The number of nitrogens with one attached hydrogen (secondary N) is 2. The number of rotatable bonds is 6. The van der Waals surface area contributed by atoms with Crippen molar-refractivity contribution in [2.24, 2.45) is 5.92 Å². The van der Waals surface area contributed by atoms with Gasteiger partial charge in [0, 0.05) is 11.6 Å². The molecule has 2 N–H and O–H groups in total. The number of thioether (sulfide) groups is 1. The molecule has 1 saturated carbocycles. The SMILES string of the molecule is CSCC(=O)NC(C)c1ccc(NC(=O)C2CC2)cc1. The Morgan fingerprint density at radius 3 is 2.50 bits per heavy atom. The van der Waals surface area contributed by atoms with Crippen molar-refractivity contribution in [1.29, 1.82) is 0 Å². The van der Waals surface area contributed by atoms with Crippen LogP contribution < -0.4 is 10.6 Å². The van der Waals surface area contributed by atoms with Gasteiger partial charge in [-0.1, -0.05) is 12.1 Å². The minimum atomic E-state index is -0.0252. The van der Waals surface area contributed by atoms with Crippen LogP contribution in [0.3, 0.4) is 0 Å². The highest BCUT2D eigenvalue weighted by Crippen LogP contribution is 2.30. The van der Waals surface area contributed by atoms with E-state index in [4.69, 9.17) is 0 Å². The van der Waals surface area contributed by atoms with E-state index in [-0.39, 0.29) is 23.8 Å². The number of carbonyl (C=O) groups excluding carboxylic acids is 2. The molecule has 0 radical (unpaired) electrons. The van der Waals surface area contributed by atoms with Gasteiger partial charge < -0.3 is 10.6 Å². The summed E-state index contributed by atoms with van der Waals surface area (Å²) in [5, 5.41) is 5.84. The summed E-state index contributed by atoms with van der Waals surface area (Å²) in [6, 6.07) is 7.61. The molecule has 1 atom stereocenters. The second-order valence-electron chi connectivity index (χ2n) is 5.11. The van der Waals surface area contributed by atoms with E-state index in [1.54, 1.807) is 0 Å². The van der Waals surface area contributed by atoms with Crippen LogP contribution in [0.1, 0.15) is 31.4 Å². The van der Waals surface area contributed by atoms with Crippen LogP contribution in [0.5, 0.6) is 0 Å². The molecule has 5 heteroatoms. The molecule has 108 valence electrons. The van der Waals surface area contributed by atoms with Gasteiger partial charge in [0.1, 0.15) is 0 Å². The molecule has 0 spiro atoms. The summed E-state index contributed by atoms with van der Waals surface area (Å²) < 4.78 is 0. The zero-order chi connectivity index (χ0) is 14.5. The van der Waals surface area contributed by atoms with Crippen LogP contribution >= 0.6 is 11.8 Å². The number of amides is 2. The first-order chi connectivity index (χ1) is 9.60. The van der Waals surface area contributed by atoms with Gasteiger partial charge in [-0.2, -0.15) is 11.8 Å². The molecule has 1 unspecified atom stereocenters. The molecule has 2 amide bonds. The Kier molecular flexibility index (Phi) is 5.06. The Labute approximate surface area is 123 Å². The van der Waals surface area contributed by atoms with Gasteiger partial charge in [-0.15, -0.1) is 0 Å². The van der Waals surface area contributed by atoms with Gasteiger partial charge in [0.2, 0.25) is 11.8 Å². The van der Waals surface area contributed by atoms with Crippen molar-refractivity contribution in [2.75, 3.05) is 17.3 Å². The van der Waals surface area contributed by atoms with E-state index in [1.807, 2.05) is 37.4 Å². The predicted molar refractivity (Wildman–Crippen MR) is 82.7 cm³/mol. The summed E-state index contributed by atoms with van der Waals surface area (Å²) in [4.78, 5) is 23.2. The van der Waals surface area contributed by atoms with Crippen molar-refractivity contribution >= 4 is 29.3 Å². The smallest absolute Gasteiger partial charge is 0.230 e. The van der Waals surface area contributed by atoms with E-state index >= 15 is 0 Å². The molecule has 1 fully saturated rings. The van der Waals surface area contributed by atoms with E-state index in [2.05, 4.69) is 10.6 Å². The second kappa shape index (κ2) is 6.79. The van der Waals surface area contributed by atoms with Crippen LogP contribution in [0.4, 0.5) is 5.69 Å². The minimum Gasteiger partial charge on any atom is -0.349 e. The lowest BCUT2D eigenvalue weighted by Gasteiger charge is -2.14. The Bertz CT molecular complexity index is 483. The van der Waals surface area contributed by atoms with E-state index < -0.39 is 0 Å². The molecule has 0 aliphatic heterocycles. The van der Waals surface area contributed by atoms with Gasteiger partial charge in [-0.3, -0.25) is 9.59 Å². The third-order valence-corrected chi connectivity index (χ3v) is 3.83. The van der Waals surface area contributed by atoms with Crippen LogP contribution in [0, 0.1) is 5.92 Å². The molecule has 0 saturated heterocycles. The van der Waals surface area contributed by atoms with Crippen molar-refractivity contribution < 1.29 is 9.59 Å². The highest BCUT2D eigenvalue weighted by Gasteiger charge is 2.29. The van der Waals surface area contributed by atoms with Crippen LogP contribution in [-0.2, 0) is 9.59 Å². The Morgan fingerprint density at radius 2 is 1.95 bits per heavy atom. The first kappa shape index (κ1) is 14.9. The number of hydrogen-bond acceptors (Lipinski definition) is 3. The summed E-state index contributed by atoms with van der Waals surface area (Å²) >= 11 is 1.51. The average Bonchev–Trinajstić information content (AvgIpc) is 3.24. The molecular formula is C15H20N2O2S. The van der Waals surface area contributed by atoms with Gasteiger partial charge in [-0.05, 0) is 43.7 Å². The molecule has 1 aliphatic carbocycles. The third-order valence-electron chi connectivity index (χ3n) is 3.28. The summed E-state index contributed by atoms with van der Waals surface area (Å²) in [5.74, 6) is 0.828. The van der Waals surface area contributed by atoms with Crippen LogP contribution in [-0.4, -0.2) is 23.8 Å². The topological polar surface area (TPSA) is 58.2 Å². The second-order valence-corrected chi connectivity index (χ2v) is 5.97. The molecule has 2 rings (SSSR count). The molecular weight excluding hydrogens is 272 g/mol. The van der Waals surface area contributed by atoms with E-state index in [0.717, 1.165) is 24.1 Å². The normalized spacial score (nSPS) is 15.5. The van der Waals surface area contributed by atoms with Gasteiger partial charge in [0.25, 0.3) is 0 Å². The lowest BCUT2D eigenvalue weighted by atomic mass is 10.1. The molecule has 4 nitrogen and oxygen atoms in total. The number of anilines is 1. The van der Waals surface area contributed by atoms with Gasteiger partial charge >= 0.3 is 0 Å². The zero-order valence-corrected chi connectivity index (χ0v) is 12.6. The molecule has 1 aliphatic rings.